The van der Waals surface area contributed by atoms with E-state index < -0.39 is 0 Å². The number of nitrogens with zero attached hydrogens (tertiary/aromatic N) is 6. The van der Waals surface area contributed by atoms with Crippen LogP contribution in [0.1, 0.15) is 19.2 Å². The second-order valence-electron chi connectivity index (χ2n) is 7.06. The zero-order chi connectivity index (χ0) is 20.5. The van der Waals surface area contributed by atoms with E-state index in [0.29, 0.717) is 6.54 Å². The van der Waals surface area contributed by atoms with Crippen molar-refractivity contribution in [1.29, 1.82) is 0 Å². The molecular formula is C20H31ClN8. The number of para-hydroxylation sites is 1. The lowest BCUT2D eigenvalue weighted by Crippen LogP contribution is -2.47. The Morgan fingerprint density at radius 3 is 2.66 bits per heavy atom. The minimum atomic E-state index is 0.510. The standard InChI is InChI=1S/C20H31ClN8/c1-3-22-20(24-15-19-25-16-26-27(19)2)23-9-6-10-28-11-13-29(14-12-28)18-8-5-4-7-17(18)21/h4-5,7-8,16H,3,6,9-15H2,1-2H3,(H2,22,23,24). The average Bonchev–Trinajstić information content (AvgIpc) is 3.15. The van der Waals surface area contributed by atoms with Gasteiger partial charge in [0.2, 0.25) is 0 Å². The summed E-state index contributed by atoms with van der Waals surface area (Å²) in [6, 6.07) is 8.09. The molecule has 2 N–H and O–H groups in total. The van der Waals surface area contributed by atoms with Crippen LogP contribution in [0.3, 0.4) is 0 Å². The maximum absolute atomic E-state index is 6.33. The molecule has 0 spiro atoms. The van der Waals surface area contributed by atoms with Crippen LogP contribution < -0.4 is 15.5 Å². The van der Waals surface area contributed by atoms with Crippen molar-refractivity contribution in [2.75, 3.05) is 50.7 Å². The minimum absolute atomic E-state index is 0.510. The molecule has 0 bridgehead atoms. The Morgan fingerprint density at radius 1 is 1.17 bits per heavy atom. The third-order valence-electron chi connectivity index (χ3n) is 5.04. The highest BCUT2D eigenvalue weighted by molar-refractivity contribution is 6.33. The summed E-state index contributed by atoms with van der Waals surface area (Å²) in [6.07, 6.45) is 2.62. The van der Waals surface area contributed by atoms with Gasteiger partial charge in [0.05, 0.1) is 10.7 Å². The lowest BCUT2D eigenvalue weighted by Gasteiger charge is -2.36. The van der Waals surface area contributed by atoms with Crippen molar-refractivity contribution in [3.63, 3.8) is 0 Å². The number of rotatable bonds is 8. The van der Waals surface area contributed by atoms with Crippen molar-refractivity contribution in [3.05, 3.63) is 41.4 Å². The van der Waals surface area contributed by atoms with Gasteiger partial charge in [0.1, 0.15) is 18.7 Å². The third-order valence-corrected chi connectivity index (χ3v) is 5.36. The van der Waals surface area contributed by atoms with Crippen molar-refractivity contribution in [2.45, 2.75) is 19.9 Å². The smallest absolute Gasteiger partial charge is 0.191 e. The Bertz CT molecular complexity index is 782. The van der Waals surface area contributed by atoms with Gasteiger partial charge in [-0.25, -0.2) is 9.98 Å². The van der Waals surface area contributed by atoms with Crippen LogP contribution in [0.15, 0.2) is 35.6 Å². The van der Waals surface area contributed by atoms with Crippen LogP contribution in [-0.2, 0) is 13.6 Å². The molecule has 2 heterocycles. The summed E-state index contributed by atoms with van der Waals surface area (Å²) in [7, 11) is 1.88. The van der Waals surface area contributed by atoms with Crippen molar-refractivity contribution >= 4 is 23.2 Å². The Labute approximate surface area is 178 Å². The van der Waals surface area contributed by atoms with E-state index in [4.69, 9.17) is 11.6 Å². The fourth-order valence-corrected chi connectivity index (χ4v) is 3.64. The van der Waals surface area contributed by atoms with Crippen molar-refractivity contribution in [2.24, 2.45) is 12.0 Å². The van der Waals surface area contributed by atoms with Crippen LogP contribution in [0, 0.1) is 0 Å². The second-order valence-corrected chi connectivity index (χ2v) is 7.46. The number of aromatic nitrogens is 3. The van der Waals surface area contributed by atoms with E-state index in [1.165, 1.54) is 0 Å². The quantitative estimate of drug-likeness (QED) is 0.386. The fourth-order valence-electron chi connectivity index (χ4n) is 3.38. The molecular weight excluding hydrogens is 388 g/mol. The maximum atomic E-state index is 6.33. The van der Waals surface area contributed by atoms with Crippen LogP contribution in [0.25, 0.3) is 0 Å². The molecule has 1 aliphatic heterocycles. The number of aliphatic imine (C=N–C) groups is 1. The number of piperazine rings is 1. The molecule has 1 aliphatic rings. The molecule has 1 saturated heterocycles. The number of nitrogens with one attached hydrogen (secondary N) is 2. The first-order valence-corrected chi connectivity index (χ1v) is 10.6. The van der Waals surface area contributed by atoms with Crippen molar-refractivity contribution < 1.29 is 0 Å². The summed E-state index contributed by atoms with van der Waals surface area (Å²) < 4.78 is 1.75. The highest BCUT2D eigenvalue weighted by Gasteiger charge is 2.18. The van der Waals surface area contributed by atoms with Gasteiger partial charge in [-0.3, -0.25) is 9.58 Å². The highest BCUT2D eigenvalue weighted by atomic mass is 35.5. The molecule has 9 heteroatoms. The van der Waals surface area contributed by atoms with E-state index in [9.17, 15) is 0 Å². The zero-order valence-corrected chi connectivity index (χ0v) is 18.1. The lowest BCUT2D eigenvalue weighted by atomic mass is 10.2. The van der Waals surface area contributed by atoms with Gasteiger partial charge in [-0.05, 0) is 32.0 Å². The number of anilines is 1. The molecule has 0 aliphatic carbocycles. The van der Waals surface area contributed by atoms with Gasteiger partial charge in [-0.15, -0.1) is 0 Å². The van der Waals surface area contributed by atoms with Gasteiger partial charge in [0.15, 0.2) is 5.96 Å². The number of hydrogen-bond donors (Lipinski definition) is 2. The monoisotopic (exact) mass is 418 g/mol. The first-order valence-electron chi connectivity index (χ1n) is 10.2. The Morgan fingerprint density at radius 2 is 1.97 bits per heavy atom. The molecule has 0 atom stereocenters. The highest BCUT2D eigenvalue weighted by Crippen LogP contribution is 2.25. The van der Waals surface area contributed by atoms with Crippen LogP contribution in [-0.4, -0.2) is 71.4 Å². The van der Waals surface area contributed by atoms with Crippen LogP contribution in [0.2, 0.25) is 5.02 Å². The second kappa shape index (κ2) is 11.0. The van der Waals surface area contributed by atoms with E-state index in [0.717, 1.165) is 74.7 Å². The van der Waals surface area contributed by atoms with Gasteiger partial charge >= 0.3 is 0 Å². The molecule has 8 nitrogen and oxygen atoms in total. The first kappa shape index (κ1) is 21.4. The number of benzene rings is 1. The van der Waals surface area contributed by atoms with E-state index >= 15 is 0 Å². The van der Waals surface area contributed by atoms with E-state index in [1.807, 2.05) is 25.2 Å². The molecule has 0 radical (unpaired) electrons. The summed E-state index contributed by atoms with van der Waals surface area (Å²) in [4.78, 5) is 13.7. The lowest BCUT2D eigenvalue weighted by molar-refractivity contribution is 0.255. The Hall–Kier alpha value is -2.32. The van der Waals surface area contributed by atoms with Gasteiger partial charge < -0.3 is 15.5 Å². The third kappa shape index (κ3) is 6.33. The Kier molecular flexibility index (Phi) is 8.13. The van der Waals surface area contributed by atoms with Crippen LogP contribution >= 0.6 is 11.6 Å². The van der Waals surface area contributed by atoms with E-state index in [-0.39, 0.29) is 0 Å². The Balaban J connectivity index is 1.37. The van der Waals surface area contributed by atoms with E-state index in [1.54, 1.807) is 11.0 Å². The van der Waals surface area contributed by atoms with Gasteiger partial charge in [0, 0.05) is 46.3 Å². The molecule has 1 aromatic carbocycles. The van der Waals surface area contributed by atoms with Crippen LogP contribution in [0.4, 0.5) is 5.69 Å². The predicted molar refractivity (Wildman–Crippen MR) is 119 cm³/mol. The van der Waals surface area contributed by atoms with Gasteiger partial charge in [-0.2, -0.15) is 5.10 Å². The topological polar surface area (TPSA) is 73.6 Å². The predicted octanol–water partition coefficient (Wildman–Crippen LogP) is 1.74. The summed E-state index contributed by atoms with van der Waals surface area (Å²) in [5, 5.41) is 11.6. The summed E-state index contributed by atoms with van der Waals surface area (Å²) >= 11 is 6.33. The molecule has 0 amide bonds. The number of hydrogen-bond acceptors (Lipinski definition) is 5. The van der Waals surface area contributed by atoms with Crippen molar-refractivity contribution in [3.8, 4) is 0 Å². The normalized spacial score (nSPS) is 15.6. The molecule has 158 valence electrons. The first-order chi connectivity index (χ1) is 14.2. The molecule has 1 fully saturated rings. The summed E-state index contributed by atoms with van der Waals surface area (Å²) in [5.74, 6) is 1.66. The van der Waals surface area contributed by atoms with Gasteiger partial charge in [-0.1, -0.05) is 23.7 Å². The number of halogens is 1. The summed E-state index contributed by atoms with van der Waals surface area (Å²) in [5.41, 5.74) is 1.14. The molecule has 1 aromatic heterocycles. The molecule has 0 unspecified atom stereocenters. The maximum Gasteiger partial charge on any atom is 0.191 e. The number of aryl methyl sites for hydroxylation is 1. The van der Waals surface area contributed by atoms with Gasteiger partial charge in [0.25, 0.3) is 0 Å². The largest absolute Gasteiger partial charge is 0.368 e. The molecule has 2 aromatic rings. The SMILES string of the molecule is CCNC(=NCc1ncnn1C)NCCCN1CCN(c2ccccc2Cl)CC1. The molecule has 3 rings (SSSR count). The average molecular weight is 419 g/mol. The fraction of sp³-hybridized carbons (Fsp3) is 0.550. The molecule has 29 heavy (non-hydrogen) atoms. The zero-order valence-electron chi connectivity index (χ0n) is 17.3. The minimum Gasteiger partial charge on any atom is -0.368 e. The van der Waals surface area contributed by atoms with E-state index in [2.05, 4.69) is 48.5 Å². The molecule has 0 saturated carbocycles. The van der Waals surface area contributed by atoms with Crippen LogP contribution in [0.5, 0.6) is 0 Å². The van der Waals surface area contributed by atoms with Crippen molar-refractivity contribution in [1.82, 2.24) is 30.3 Å². The summed E-state index contributed by atoms with van der Waals surface area (Å²) in [6.45, 7) is 9.51. The number of guanidine groups is 1.